The van der Waals surface area contributed by atoms with Gasteiger partial charge in [0.15, 0.2) is 11.6 Å². The molecule has 2 aromatic carbocycles. The van der Waals surface area contributed by atoms with Crippen LogP contribution in [0.25, 0.3) is 22.3 Å². The molecule has 2 heterocycles. The lowest BCUT2D eigenvalue weighted by Crippen LogP contribution is -2.27. The Bertz CT molecular complexity index is 1420. The minimum atomic E-state index is -0.659. The Morgan fingerprint density at radius 1 is 1.12 bits per heavy atom. The maximum absolute atomic E-state index is 14.2. The summed E-state index contributed by atoms with van der Waals surface area (Å²) in [6.07, 6.45) is 2.96. The number of imidazole rings is 1. The van der Waals surface area contributed by atoms with Crippen molar-refractivity contribution in [1.82, 2.24) is 19.1 Å². The van der Waals surface area contributed by atoms with Crippen molar-refractivity contribution in [2.45, 2.75) is 27.3 Å². The topological polar surface area (TPSA) is 85.7 Å². The van der Waals surface area contributed by atoms with E-state index in [1.807, 2.05) is 24.3 Å². The van der Waals surface area contributed by atoms with Gasteiger partial charge in [0.2, 0.25) is 5.88 Å². The van der Waals surface area contributed by atoms with Gasteiger partial charge in [-0.2, -0.15) is 5.26 Å². The highest BCUT2D eigenvalue weighted by molar-refractivity contribution is 5.82. The van der Waals surface area contributed by atoms with Crippen molar-refractivity contribution in [3.8, 4) is 29.0 Å². The number of aryl methyl sites for hydroxylation is 1. The molecule has 4 aromatic rings. The Morgan fingerprint density at radius 2 is 1.91 bits per heavy atom. The van der Waals surface area contributed by atoms with E-state index in [4.69, 9.17) is 10.00 Å². The first kappa shape index (κ1) is 21.2. The fourth-order valence-corrected chi connectivity index (χ4v) is 3.50. The van der Waals surface area contributed by atoms with Gasteiger partial charge in [-0.3, -0.25) is 14.1 Å². The molecule has 0 amide bonds. The molecule has 0 spiro atoms. The van der Waals surface area contributed by atoms with Crippen LogP contribution >= 0.6 is 0 Å². The zero-order chi connectivity index (χ0) is 23.0. The second-order valence-electron chi connectivity index (χ2n) is 8.79. The Morgan fingerprint density at radius 3 is 2.59 bits per heavy atom. The van der Waals surface area contributed by atoms with Gasteiger partial charge in [0.1, 0.15) is 0 Å². The number of hydrogen-bond donors (Lipinski definition) is 0. The van der Waals surface area contributed by atoms with Gasteiger partial charge in [-0.25, -0.2) is 14.2 Å². The Hall–Kier alpha value is -3.99. The molecule has 32 heavy (non-hydrogen) atoms. The van der Waals surface area contributed by atoms with Crippen LogP contribution in [0.4, 0.5) is 4.39 Å². The van der Waals surface area contributed by atoms with Crippen LogP contribution in [0.2, 0.25) is 0 Å². The zero-order valence-corrected chi connectivity index (χ0v) is 18.3. The Kier molecular flexibility index (Phi) is 5.26. The minimum Gasteiger partial charge on any atom is -0.434 e. The van der Waals surface area contributed by atoms with Crippen molar-refractivity contribution in [2.75, 3.05) is 0 Å². The number of aromatic nitrogens is 4. The van der Waals surface area contributed by atoms with Gasteiger partial charge in [-0.05, 0) is 35.7 Å². The monoisotopic (exact) mass is 431 g/mol. The van der Waals surface area contributed by atoms with Crippen LogP contribution < -0.4 is 10.4 Å². The molecule has 0 radical (unpaired) electrons. The SMILES string of the molecule is Cn1c(=O)n(CC(C)(C)C)c2ccc(-c3cncc(Oc4ccc(C#N)cc4F)n3)cc21. The second kappa shape index (κ2) is 7.93. The van der Waals surface area contributed by atoms with Crippen molar-refractivity contribution in [1.29, 1.82) is 5.26 Å². The first-order valence-corrected chi connectivity index (χ1v) is 10.1. The van der Waals surface area contributed by atoms with E-state index in [1.165, 1.54) is 18.3 Å². The standard InChI is InChI=1S/C24H22FN5O2/c1-24(2,3)14-30-19-7-6-16(10-20(19)29(4)23(30)31)18-12-27-13-22(28-18)32-21-8-5-15(11-26)9-17(21)25/h5-10,12-13H,14H2,1-4H3. The Labute approximate surface area is 184 Å². The lowest BCUT2D eigenvalue weighted by Gasteiger charge is -2.18. The van der Waals surface area contributed by atoms with Gasteiger partial charge >= 0.3 is 5.69 Å². The average Bonchev–Trinajstić information content (AvgIpc) is 2.98. The normalized spacial score (nSPS) is 11.5. The maximum atomic E-state index is 14.2. The number of benzene rings is 2. The quantitative estimate of drug-likeness (QED) is 0.470. The molecule has 0 unspecified atom stereocenters. The number of rotatable bonds is 4. The highest BCUT2D eigenvalue weighted by Crippen LogP contribution is 2.28. The summed E-state index contributed by atoms with van der Waals surface area (Å²) in [5, 5.41) is 8.87. The summed E-state index contributed by atoms with van der Waals surface area (Å²) in [7, 11) is 1.74. The predicted molar refractivity (Wildman–Crippen MR) is 119 cm³/mol. The summed E-state index contributed by atoms with van der Waals surface area (Å²) < 4.78 is 23.1. The highest BCUT2D eigenvalue weighted by Gasteiger charge is 2.18. The third-order valence-corrected chi connectivity index (χ3v) is 4.96. The summed E-state index contributed by atoms with van der Waals surface area (Å²) in [6.45, 7) is 6.86. The van der Waals surface area contributed by atoms with Gasteiger partial charge in [0, 0.05) is 19.2 Å². The number of halogens is 1. The van der Waals surface area contributed by atoms with Crippen molar-refractivity contribution in [2.24, 2.45) is 12.5 Å². The van der Waals surface area contributed by atoms with E-state index in [1.54, 1.807) is 22.4 Å². The number of nitriles is 1. The van der Waals surface area contributed by atoms with Gasteiger partial charge < -0.3 is 4.74 Å². The molecular weight excluding hydrogens is 409 g/mol. The molecule has 0 saturated heterocycles. The molecule has 0 bridgehead atoms. The van der Waals surface area contributed by atoms with E-state index >= 15 is 0 Å². The van der Waals surface area contributed by atoms with Crippen LogP contribution in [0.3, 0.4) is 0 Å². The van der Waals surface area contributed by atoms with E-state index in [2.05, 4.69) is 30.7 Å². The minimum absolute atomic E-state index is 0.0470. The molecule has 0 aliphatic rings. The summed E-state index contributed by atoms with van der Waals surface area (Å²) in [4.78, 5) is 21.4. The molecule has 0 aliphatic carbocycles. The molecule has 0 N–H and O–H groups in total. The summed E-state index contributed by atoms with van der Waals surface area (Å²) in [6, 6.07) is 11.5. The first-order chi connectivity index (χ1) is 15.2. The van der Waals surface area contributed by atoms with Crippen LogP contribution in [0.15, 0.2) is 53.6 Å². The van der Waals surface area contributed by atoms with Crippen LogP contribution in [0.1, 0.15) is 26.3 Å². The van der Waals surface area contributed by atoms with Gasteiger partial charge in [0.05, 0.1) is 40.8 Å². The van der Waals surface area contributed by atoms with E-state index < -0.39 is 5.82 Å². The van der Waals surface area contributed by atoms with E-state index in [9.17, 15) is 9.18 Å². The van der Waals surface area contributed by atoms with Gasteiger partial charge in [-0.15, -0.1) is 0 Å². The predicted octanol–water partition coefficient (Wildman–Crippen LogP) is 4.65. The number of fused-ring (bicyclic) bond motifs is 1. The third-order valence-electron chi connectivity index (χ3n) is 4.96. The van der Waals surface area contributed by atoms with Crippen LogP contribution in [0, 0.1) is 22.6 Å². The fraction of sp³-hybridized carbons (Fsp3) is 0.250. The third kappa shape index (κ3) is 4.10. The molecule has 7 nitrogen and oxygen atoms in total. The summed E-state index contributed by atoms with van der Waals surface area (Å²) in [5.41, 5.74) is 2.97. The zero-order valence-electron chi connectivity index (χ0n) is 18.3. The lowest BCUT2D eigenvalue weighted by atomic mass is 9.97. The average molecular weight is 431 g/mol. The molecule has 0 saturated carbocycles. The number of hydrogen-bond acceptors (Lipinski definition) is 5. The van der Waals surface area contributed by atoms with Crippen molar-refractivity contribution in [3.05, 3.63) is 70.7 Å². The summed E-state index contributed by atoms with van der Waals surface area (Å²) >= 11 is 0. The molecule has 4 rings (SSSR count). The lowest BCUT2D eigenvalue weighted by molar-refractivity contribution is 0.342. The second-order valence-corrected chi connectivity index (χ2v) is 8.79. The van der Waals surface area contributed by atoms with E-state index in [-0.39, 0.29) is 28.3 Å². The van der Waals surface area contributed by atoms with Gasteiger partial charge in [-0.1, -0.05) is 26.8 Å². The van der Waals surface area contributed by atoms with Crippen molar-refractivity contribution >= 4 is 11.0 Å². The largest absolute Gasteiger partial charge is 0.434 e. The van der Waals surface area contributed by atoms with Crippen molar-refractivity contribution < 1.29 is 9.13 Å². The van der Waals surface area contributed by atoms with Crippen molar-refractivity contribution in [3.63, 3.8) is 0 Å². The van der Waals surface area contributed by atoms with Crippen LogP contribution in [-0.2, 0) is 13.6 Å². The van der Waals surface area contributed by atoms with Crippen LogP contribution in [0.5, 0.6) is 11.6 Å². The molecule has 8 heteroatoms. The molecular formula is C24H22FN5O2. The number of nitrogens with zero attached hydrogens (tertiary/aromatic N) is 5. The number of ether oxygens (including phenoxy) is 1. The summed E-state index contributed by atoms with van der Waals surface area (Å²) in [5.74, 6) is -0.592. The molecule has 0 atom stereocenters. The Balaban J connectivity index is 1.70. The smallest absolute Gasteiger partial charge is 0.328 e. The van der Waals surface area contributed by atoms with Crippen LogP contribution in [-0.4, -0.2) is 19.1 Å². The fourth-order valence-electron chi connectivity index (χ4n) is 3.50. The van der Waals surface area contributed by atoms with Gasteiger partial charge in [0.25, 0.3) is 0 Å². The molecule has 162 valence electrons. The van der Waals surface area contributed by atoms with E-state index in [0.29, 0.717) is 12.2 Å². The highest BCUT2D eigenvalue weighted by atomic mass is 19.1. The van der Waals surface area contributed by atoms with E-state index in [0.717, 1.165) is 22.7 Å². The molecule has 2 aromatic heterocycles. The first-order valence-electron chi connectivity index (χ1n) is 10.1. The maximum Gasteiger partial charge on any atom is 0.328 e. The molecule has 0 fully saturated rings. The molecule has 0 aliphatic heterocycles.